The highest BCUT2D eigenvalue weighted by Crippen LogP contribution is 2.13. The van der Waals surface area contributed by atoms with Gasteiger partial charge in [-0.2, -0.15) is 5.26 Å². The van der Waals surface area contributed by atoms with Crippen LogP contribution in [-0.2, 0) is 7.05 Å². The van der Waals surface area contributed by atoms with Gasteiger partial charge in [0.25, 0.3) is 0 Å². The van der Waals surface area contributed by atoms with Crippen LogP contribution < -0.4 is 9.47 Å². The summed E-state index contributed by atoms with van der Waals surface area (Å²) in [6.07, 6.45) is 0. The Morgan fingerprint density at radius 1 is 1.26 bits per heavy atom. The lowest BCUT2D eigenvalue weighted by Crippen LogP contribution is -2.09. The molecule has 0 aliphatic rings. The lowest BCUT2D eigenvalue weighted by molar-refractivity contribution is 0.211. The summed E-state index contributed by atoms with van der Waals surface area (Å²) >= 11 is 0. The second-order valence-electron chi connectivity index (χ2n) is 4.08. The minimum Gasteiger partial charge on any atom is -0.490 e. The van der Waals surface area contributed by atoms with Crippen LogP contribution >= 0.6 is 0 Å². The Morgan fingerprint density at radius 2 is 2.05 bits per heavy atom. The molecule has 19 heavy (non-hydrogen) atoms. The molecule has 1 aromatic heterocycles. The Kier molecular flexibility index (Phi) is 4.04. The van der Waals surface area contributed by atoms with Crippen molar-refractivity contribution < 1.29 is 9.47 Å². The molecule has 2 aromatic rings. The zero-order chi connectivity index (χ0) is 13.7. The van der Waals surface area contributed by atoms with Crippen LogP contribution in [0.4, 0.5) is 0 Å². The van der Waals surface area contributed by atoms with Gasteiger partial charge in [-0.05, 0) is 25.1 Å². The van der Waals surface area contributed by atoms with E-state index in [2.05, 4.69) is 11.2 Å². The normalized spacial score (nSPS) is 9.95. The Balaban J connectivity index is 1.79. The maximum atomic E-state index is 8.77. The van der Waals surface area contributed by atoms with E-state index in [0.717, 1.165) is 5.69 Å². The van der Waals surface area contributed by atoms with E-state index in [1.54, 1.807) is 22.9 Å². The number of aryl methyl sites for hydroxylation is 2. The highest BCUT2D eigenvalue weighted by Gasteiger charge is 2.02. The van der Waals surface area contributed by atoms with Gasteiger partial charge in [0.15, 0.2) is 0 Å². The number of hydrogen-bond acceptors (Lipinski definition) is 4. The van der Waals surface area contributed by atoms with Crippen LogP contribution in [0.1, 0.15) is 11.3 Å². The molecule has 0 unspecified atom stereocenters. The quantitative estimate of drug-likeness (QED) is 0.769. The lowest BCUT2D eigenvalue weighted by atomic mass is 10.2. The molecule has 1 aromatic carbocycles. The van der Waals surface area contributed by atoms with Crippen LogP contribution in [0.25, 0.3) is 0 Å². The molecular formula is C14H15N3O2. The molecule has 2 rings (SSSR count). The van der Waals surface area contributed by atoms with Crippen LogP contribution in [0.3, 0.4) is 0 Å². The maximum absolute atomic E-state index is 8.77. The molecule has 0 bridgehead atoms. The molecule has 0 radical (unpaired) electrons. The van der Waals surface area contributed by atoms with Crippen molar-refractivity contribution in [1.82, 2.24) is 9.78 Å². The van der Waals surface area contributed by atoms with Crippen LogP contribution in [0.5, 0.6) is 11.6 Å². The Morgan fingerprint density at radius 3 is 2.74 bits per heavy atom. The summed E-state index contributed by atoms with van der Waals surface area (Å²) < 4.78 is 12.7. The van der Waals surface area contributed by atoms with Gasteiger partial charge in [-0.3, -0.25) is 4.68 Å². The molecule has 0 aliphatic heterocycles. The minimum atomic E-state index is 0.407. The summed E-state index contributed by atoms with van der Waals surface area (Å²) in [6, 6.07) is 11.0. The fourth-order valence-electron chi connectivity index (χ4n) is 1.56. The van der Waals surface area contributed by atoms with E-state index in [1.165, 1.54) is 0 Å². The van der Waals surface area contributed by atoms with E-state index in [0.29, 0.717) is 30.4 Å². The number of nitriles is 1. The molecule has 5 heteroatoms. The van der Waals surface area contributed by atoms with E-state index in [1.807, 2.05) is 26.1 Å². The van der Waals surface area contributed by atoms with Crippen LogP contribution in [0.15, 0.2) is 30.3 Å². The second-order valence-corrected chi connectivity index (χ2v) is 4.08. The molecule has 0 saturated heterocycles. The van der Waals surface area contributed by atoms with Gasteiger partial charge in [-0.1, -0.05) is 6.07 Å². The van der Waals surface area contributed by atoms with Crippen molar-refractivity contribution in [2.45, 2.75) is 6.92 Å². The first kappa shape index (κ1) is 13.0. The number of hydrogen-bond donors (Lipinski definition) is 0. The number of ether oxygens (including phenoxy) is 2. The van der Waals surface area contributed by atoms with Gasteiger partial charge >= 0.3 is 0 Å². The third kappa shape index (κ3) is 3.49. The molecule has 0 aliphatic carbocycles. The number of benzene rings is 1. The predicted molar refractivity (Wildman–Crippen MR) is 70.1 cm³/mol. The van der Waals surface area contributed by atoms with Crippen LogP contribution in [-0.4, -0.2) is 23.0 Å². The van der Waals surface area contributed by atoms with Crippen molar-refractivity contribution in [3.8, 4) is 17.7 Å². The monoisotopic (exact) mass is 257 g/mol. The lowest BCUT2D eigenvalue weighted by Gasteiger charge is -2.06. The van der Waals surface area contributed by atoms with Gasteiger partial charge in [-0.25, -0.2) is 0 Å². The maximum Gasteiger partial charge on any atom is 0.233 e. The van der Waals surface area contributed by atoms with Gasteiger partial charge in [0.2, 0.25) is 5.88 Å². The van der Waals surface area contributed by atoms with Crippen molar-refractivity contribution in [3.63, 3.8) is 0 Å². The van der Waals surface area contributed by atoms with Crippen molar-refractivity contribution in [3.05, 3.63) is 41.6 Å². The molecule has 5 nitrogen and oxygen atoms in total. The second kappa shape index (κ2) is 5.91. The fraction of sp³-hybridized carbons (Fsp3) is 0.286. The standard InChI is InChI=1S/C14H15N3O2/c1-11-8-14(16-17(11)2)19-7-6-18-13-5-3-4-12(9-13)10-15/h3-5,8-9H,6-7H2,1-2H3. The third-order valence-corrected chi connectivity index (χ3v) is 2.66. The average Bonchev–Trinajstić information content (AvgIpc) is 2.74. The Labute approximate surface area is 112 Å². The van der Waals surface area contributed by atoms with E-state index in [-0.39, 0.29) is 0 Å². The Bertz CT molecular complexity index is 579. The van der Waals surface area contributed by atoms with Gasteiger partial charge in [0.1, 0.15) is 19.0 Å². The molecule has 0 spiro atoms. The zero-order valence-electron chi connectivity index (χ0n) is 11.0. The minimum absolute atomic E-state index is 0.407. The van der Waals surface area contributed by atoms with Gasteiger partial charge in [-0.15, -0.1) is 5.10 Å². The molecule has 0 N–H and O–H groups in total. The SMILES string of the molecule is Cc1cc(OCCOc2cccc(C#N)c2)nn1C. The largest absolute Gasteiger partial charge is 0.490 e. The summed E-state index contributed by atoms with van der Waals surface area (Å²) in [4.78, 5) is 0. The van der Waals surface area contributed by atoms with Gasteiger partial charge < -0.3 is 9.47 Å². The highest BCUT2D eigenvalue weighted by molar-refractivity contribution is 5.36. The molecule has 0 saturated carbocycles. The van der Waals surface area contributed by atoms with Crippen molar-refractivity contribution >= 4 is 0 Å². The first-order valence-electron chi connectivity index (χ1n) is 5.95. The van der Waals surface area contributed by atoms with E-state index in [4.69, 9.17) is 14.7 Å². The van der Waals surface area contributed by atoms with Crippen molar-refractivity contribution in [2.24, 2.45) is 7.05 Å². The fourth-order valence-corrected chi connectivity index (χ4v) is 1.56. The zero-order valence-corrected chi connectivity index (χ0v) is 11.0. The van der Waals surface area contributed by atoms with E-state index in [9.17, 15) is 0 Å². The van der Waals surface area contributed by atoms with Crippen molar-refractivity contribution in [2.75, 3.05) is 13.2 Å². The highest BCUT2D eigenvalue weighted by atomic mass is 16.5. The first-order chi connectivity index (χ1) is 9.19. The van der Waals surface area contributed by atoms with Crippen LogP contribution in [0, 0.1) is 18.3 Å². The topological polar surface area (TPSA) is 60.1 Å². The first-order valence-corrected chi connectivity index (χ1v) is 5.95. The van der Waals surface area contributed by atoms with E-state index >= 15 is 0 Å². The summed E-state index contributed by atoms with van der Waals surface area (Å²) in [5.74, 6) is 1.26. The molecule has 0 fully saturated rings. The van der Waals surface area contributed by atoms with Crippen LogP contribution in [0.2, 0.25) is 0 Å². The Hall–Kier alpha value is -2.48. The number of nitrogens with zero attached hydrogens (tertiary/aromatic N) is 3. The summed E-state index contributed by atoms with van der Waals surface area (Å²) in [5, 5.41) is 12.9. The summed E-state index contributed by atoms with van der Waals surface area (Å²) in [5.41, 5.74) is 1.62. The smallest absolute Gasteiger partial charge is 0.233 e. The summed E-state index contributed by atoms with van der Waals surface area (Å²) in [7, 11) is 1.87. The average molecular weight is 257 g/mol. The van der Waals surface area contributed by atoms with Gasteiger partial charge in [0.05, 0.1) is 11.6 Å². The molecule has 0 amide bonds. The molecular weight excluding hydrogens is 242 g/mol. The number of rotatable bonds is 5. The molecule has 1 heterocycles. The third-order valence-electron chi connectivity index (χ3n) is 2.66. The van der Waals surface area contributed by atoms with E-state index < -0.39 is 0 Å². The molecule has 98 valence electrons. The number of aromatic nitrogens is 2. The predicted octanol–water partition coefficient (Wildman–Crippen LogP) is 2.06. The molecule has 0 atom stereocenters. The van der Waals surface area contributed by atoms with Crippen molar-refractivity contribution in [1.29, 1.82) is 5.26 Å². The summed E-state index contributed by atoms with van der Waals surface area (Å²) in [6.45, 7) is 2.78. The van der Waals surface area contributed by atoms with Gasteiger partial charge in [0, 0.05) is 18.8 Å².